The number of carbonyl (C=O) groups is 2. The van der Waals surface area contributed by atoms with Crippen molar-refractivity contribution in [2.45, 2.75) is 39.4 Å². The fourth-order valence-electron chi connectivity index (χ4n) is 2.73. The van der Waals surface area contributed by atoms with Crippen LogP contribution in [-0.4, -0.2) is 28.6 Å². The Bertz CT molecular complexity index is 714. The minimum absolute atomic E-state index is 0.00937. The van der Waals surface area contributed by atoms with Crippen molar-refractivity contribution >= 4 is 17.8 Å². The Labute approximate surface area is 128 Å². The molecule has 0 radical (unpaired) electrons. The maximum Gasteiger partial charge on any atom is 0.339 e. The molecule has 1 aromatic rings. The smallest absolute Gasteiger partial charge is 0.339 e. The van der Waals surface area contributed by atoms with E-state index in [0.717, 1.165) is 0 Å². The highest BCUT2D eigenvalue weighted by molar-refractivity contribution is 6.06. The molecule has 5 nitrogen and oxygen atoms in total. The van der Waals surface area contributed by atoms with Crippen LogP contribution < -0.4 is 9.47 Å². The van der Waals surface area contributed by atoms with Crippen molar-refractivity contribution in [3.8, 4) is 11.5 Å². The fourth-order valence-corrected chi connectivity index (χ4v) is 2.73. The van der Waals surface area contributed by atoms with Gasteiger partial charge in [0.05, 0.1) is 17.0 Å². The van der Waals surface area contributed by atoms with Gasteiger partial charge in [-0.3, -0.25) is 4.79 Å². The highest BCUT2D eigenvalue weighted by Gasteiger charge is 2.37. The lowest BCUT2D eigenvalue weighted by atomic mass is 9.87. The summed E-state index contributed by atoms with van der Waals surface area (Å²) in [5.41, 5.74) is 0.226. The zero-order valence-corrected chi connectivity index (χ0v) is 13.0. The standard InChI is InChI=1S/C17H18O5/c1-8-9(2)21-14-10-5-6-17(3,4)22-15(10)12(16(19)20)7-11(14)13(8)18/h5-9H,1-4H3,(H,19,20). The van der Waals surface area contributed by atoms with Gasteiger partial charge in [0.15, 0.2) is 5.78 Å². The molecule has 1 N–H and O–H groups in total. The van der Waals surface area contributed by atoms with Crippen molar-refractivity contribution < 1.29 is 24.2 Å². The molecule has 0 spiro atoms. The van der Waals surface area contributed by atoms with Crippen molar-refractivity contribution in [1.29, 1.82) is 0 Å². The largest absolute Gasteiger partial charge is 0.488 e. The van der Waals surface area contributed by atoms with E-state index in [1.54, 1.807) is 13.0 Å². The topological polar surface area (TPSA) is 72.8 Å². The first kappa shape index (κ1) is 14.6. The number of carboxylic acids is 1. The van der Waals surface area contributed by atoms with Gasteiger partial charge in [0.25, 0.3) is 0 Å². The lowest BCUT2D eigenvalue weighted by Gasteiger charge is -2.34. The second-order valence-electron chi connectivity index (χ2n) is 6.36. The van der Waals surface area contributed by atoms with E-state index in [9.17, 15) is 14.7 Å². The molecule has 0 aromatic heterocycles. The van der Waals surface area contributed by atoms with Gasteiger partial charge in [-0.05, 0) is 39.0 Å². The van der Waals surface area contributed by atoms with Crippen LogP contribution >= 0.6 is 0 Å². The Morgan fingerprint density at radius 2 is 1.95 bits per heavy atom. The van der Waals surface area contributed by atoms with E-state index in [4.69, 9.17) is 9.47 Å². The fraction of sp³-hybridized carbons (Fsp3) is 0.412. The summed E-state index contributed by atoms with van der Waals surface area (Å²) in [6.07, 6.45) is 3.35. The summed E-state index contributed by atoms with van der Waals surface area (Å²) in [5.74, 6) is -0.853. The molecule has 0 bridgehead atoms. The van der Waals surface area contributed by atoms with Gasteiger partial charge in [-0.25, -0.2) is 4.79 Å². The maximum absolute atomic E-state index is 12.5. The molecule has 22 heavy (non-hydrogen) atoms. The Morgan fingerprint density at radius 3 is 2.59 bits per heavy atom. The first-order chi connectivity index (χ1) is 10.2. The van der Waals surface area contributed by atoms with Gasteiger partial charge in [0, 0.05) is 0 Å². The molecule has 2 aliphatic heterocycles. The van der Waals surface area contributed by atoms with E-state index in [2.05, 4.69) is 0 Å². The molecule has 5 heteroatoms. The first-order valence-electron chi connectivity index (χ1n) is 7.24. The molecule has 2 heterocycles. The predicted octanol–water partition coefficient (Wildman–Crippen LogP) is 3.17. The van der Waals surface area contributed by atoms with Crippen LogP contribution in [-0.2, 0) is 0 Å². The van der Waals surface area contributed by atoms with Crippen LogP contribution in [0.1, 0.15) is 54.0 Å². The second-order valence-corrected chi connectivity index (χ2v) is 6.36. The van der Waals surface area contributed by atoms with E-state index in [1.807, 2.05) is 26.8 Å². The SMILES string of the molecule is CC1Oc2c(cc(C(=O)O)c3c2C=CC(C)(C)O3)C(=O)C1C. The quantitative estimate of drug-likeness (QED) is 0.862. The molecular formula is C17H18O5. The van der Waals surface area contributed by atoms with Gasteiger partial charge in [-0.2, -0.15) is 0 Å². The van der Waals surface area contributed by atoms with E-state index in [-0.39, 0.29) is 29.1 Å². The van der Waals surface area contributed by atoms with Crippen LogP contribution in [0, 0.1) is 5.92 Å². The molecule has 2 unspecified atom stereocenters. The number of aromatic carboxylic acids is 1. The molecular weight excluding hydrogens is 284 g/mol. The number of ether oxygens (including phenoxy) is 2. The average molecular weight is 302 g/mol. The predicted molar refractivity (Wildman–Crippen MR) is 80.7 cm³/mol. The van der Waals surface area contributed by atoms with Crippen molar-refractivity contribution in [2.24, 2.45) is 5.92 Å². The zero-order chi connectivity index (χ0) is 16.2. The van der Waals surface area contributed by atoms with E-state index in [1.165, 1.54) is 6.07 Å². The summed E-state index contributed by atoms with van der Waals surface area (Å²) in [4.78, 5) is 24.0. The van der Waals surface area contributed by atoms with Crippen molar-refractivity contribution in [3.05, 3.63) is 28.8 Å². The van der Waals surface area contributed by atoms with Crippen LogP contribution in [0.2, 0.25) is 0 Å². The zero-order valence-electron chi connectivity index (χ0n) is 13.0. The van der Waals surface area contributed by atoms with Gasteiger partial charge >= 0.3 is 5.97 Å². The number of benzene rings is 1. The number of hydrogen-bond donors (Lipinski definition) is 1. The number of carbonyl (C=O) groups excluding carboxylic acids is 1. The van der Waals surface area contributed by atoms with E-state index in [0.29, 0.717) is 16.9 Å². The molecule has 0 fully saturated rings. The third-order valence-corrected chi connectivity index (χ3v) is 4.20. The third kappa shape index (κ3) is 2.08. The summed E-state index contributed by atoms with van der Waals surface area (Å²) >= 11 is 0. The van der Waals surface area contributed by atoms with Crippen LogP contribution in [0.25, 0.3) is 6.08 Å². The van der Waals surface area contributed by atoms with Crippen molar-refractivity contribution in [3.63, 3.8) is 0 Å². The summed E-state index contributed by atoms with van der Waals surface area (Å²) < 4.78 is 11.7. The summed E-state index contributed by atoms with van der Waals surface area (Å²) in [6, 6.07) is 1.37. The monoisotopic (exact) mass is 302 g/mol. The van der Waals surface area contributed by atoms with E-state index < -0.39 is 11.6 Å². The van der Waals surface area contributed by atoms with Gasteiger partial charge in [0.1, 0.15) is 28.8 Å². The van der Waals surface area contributed by atoms with Crippen LogP contribution in [0.15, 0.2) is 12.1 Å². The molecule has 0 saturated heterocycles. The average Bonchev–Trinajstić information content (AvgIpc) is 2.43. The molecule has 0 amide bonds. The van der Waals surface area contributed by atoms with Crippen LogP contribution in [0.3, 0.4) is 0 Å². The maximum atomic E-state index is 12.5. The minimum atomic E-state index is -1.12. The highest BCUT2D eigenvalue weighted by atomic mass is 16.5. The highest BCUT2D eigenvalue weighted by Crippen LogP contribution is 2.45. The first-order valence-corrected chi connectivity index (χ1v) is 7.24. The molecule has 1 aromatic carbocycles. The number of hydrogen-bond acceptors (Lipinski definition) is 4. The molecule has 116 valence electrons. The summed E-state index contributed by atoms with van der Waals surface area (Å²) in [6.45, 7) is 7.30. The lowest BCUT2D eigenvalue weighted by Crippen LogP contribution is -2.35. The number of ketones is 1. The number of rotatable bonds is 1. The molecule has 3 rings (SSSR count). The Hall–Kier alpha value is -2.30. The molecule has 2 atom stereocenters. The van der Waals surface area contributed by atoms with Crippen LogP contribution in [0.5, 0.6) is 11.5 Å². The van der Waals surface area contributed by atoms with Gasteiger partial charge in [-0.15, -0.1) is 0 Å². The molecule has 0 saturated carbocycles. The number of fused-ring (bicyclic) bond motifs is 3. The third-order valence-electron chi connectivity index (χ3n) is 4.20. The van der Waals surface area contributed by atoms with Gasteiger partial charge < -0.3 is 14.6 Å². The number of Topliss-reactive ketones (excluding diaryl/α,β-unsaturated/α-hetero) is 1. The van der Waals surface area contributed by atoms with E-state index >= 15 is 0 Å². The minimum Gasteiger partial charge on any atom is -0.488 e. The Morgan fingerprint density at radius 1 is 1.27 bits per heavy atom. The lowest BCUT2D eigenvalue weighted by molar-refractivity contribution is 0.0682. The Balaban J connectivity index is 2.29. The normalized spacial score (nSPS) is 24.8. The van der Waals surface area contributed by atoms with Crippen LogP contribution in [0.4, 0.5) is 0 Å². The summed E-state index contributed by atoms with van der Waals surface area (Å²) in [5, 5.41) is 9.46. The Kier molecular flexibility index (Phi) is 3.06. The van der Waals surface area contributed by atoms with Gasteiger partial charge in [0.2, 0.25) is 0 Å². The summed E-state index contributed by atoms with van der Waals surface area (Å²) in [7, 11) is 0. The number of carboxylic acid groups (broad SMARTS) is 1. The van der Waals surface area contributed by atoms with Crippen molar-refractivity contribution in [2.75, 3.05) is 0 Å². The van der Waals surface area contributed by atoms with Crippen molar-refractivity contribution in [1.82, 2.24) is 0 Å². The molecule has 0 aliphatic carbocycles. The molecule has 2 aliphatic rings. The van der Waals surface area contributed by atoms with Gasteiger partial charge in [-0.1, -0.05) is 6.92 Å². The second kappa shape index (κ2) is 4.60.